The van der Waals surface area contributed by atoms with Crippen LogP contribution in [-0.2, 0) is 0 Å². The number of phenolic OH excluding ortho intramolecular Hbond substituents is 1. The first-order chi connectivity index (χ1) is 11.8. The molecule has 2 aromatic rings. The molecule has 0 spiro atoms. The van der Waals surface area contributed by atoms with Crippen molar-refractivity contribution in [3.8, 4) is 5.75 Å². The number of phenols is 1. The van der Waals surface area contributed by atoms with Crippen molar-refractivity contribution in [2.75, 3.05) is 11.9 Å². The summed E-state index contributed by atoms with van der Waals surface area (Å²) in [5, 5.41) is 23.4. The lowest BCUT2D eigenvalue weighted by atomic mass is 10.1. The fraction of sp³-hybridized carbons (Fsp3) is 0.278. The van der Waals surface area contributed by atoms with E-state index in [9.17, 15) is 20.0 Å². The lowest BCUT2D eigenvalue weighted by molar-refractivity contribution is -0.385. The summed E-state index contributed by atoms with van der Waals surface area (Å²) in [6.45, 7) is 5.75. The third-order valence-electron chi connectivity index (χ3n) is 4.17. The lowest BCUT2D eigenvalue weighted by Crippen LogP contribution is -2.37. The van der Waals surface area contributed by atoms with E-state index in [0.717, 1.165) is 5.56 Å². The van der Waals surface area contributed by atoms with Gasteiger partial charge in [-0.3, -0.25) is 10.1 Å². The zero-order valence-electron chi connectivity index (χ0n) is 14.4. The van der Waals surface area contributed by atoms with Crippen molar-refractivity contribution in [1.29, 1.82) is 0 Å². The number of nitrogens with one attached hydrogen (secondary N) is 1. The molecule has 0 unspecified atom stereocenters. The molecule has 132 valence electrons. The Morgan fingerprint density at radius 1 is 1.32 bits per heavy atom. The summed E-state index contributed by atoms with van der Waals surface area (Å²) in [4.78, 5) is 24.8. The first-order valence-corrected chi connectivity index (χ1v) is 7.95. The number of hydrogen-bond acceptors (Lipinski definition) is 4. The fourth-order valence-electron chi connectivity index (χ4n) is 2.70. The van der Waals surface area contributed by atoms with Crippen LogP contribution in [0.4, 0.5) is 16.2 Å². The normalized spacial score (nSPS) is 11.6. The fourth-order valence-corrected chi connectivity index (χ4v) is 2.70. The predicted octanol–water partition coefficient (Wildman–Crippen LogP) is 4.22. The molecule has 2 rings (SSSR count). The number of carbonyl (C=O) groups excluding carboxylic acids is 1. The number of urea groups is 1. The van der Waals surface area contributed by atoms with E-state index in [1.54, 1.807) is 36.1 Å². The quantitative estimate of drug-likeness (QED) is 0.627. The molecule has 7 heteroatoms. The largest absolute Gasteiger partial charge is 0.508 e. The van der Waals surface area contributed by atoms with Gasteiger partial charge in [-0.25, -0.2) is 4.79 Å². The number of nitro groups is 1. The van der Waals surface area contributed by atoms with E-state index in [-0.39, 0.29) is 23.5 Å². The van der Waals surface area contributed by atoms with E-state index in [2.05, 4.69) is 5.32 Å². The first kappa shape index (κ1) is 18.3. The average molecular weight is 343 g/mol. The summed E-state index contributed by atoms with van der Waals surface area (Å²) >= 11 is 0. The molecule has 0 saturated heterocycles. The molecule has 0 fully saturated rings. The summed E-state index contributed by atoms with van der Waals surface area (Å²) in [6, 6.07) is 10.7. The first-order valence-electron chi connectivity index (χ1n) is 7.95. The molecule has 0 aromatic heterocycles. The van der Waals surface area contributed by atoms with E-state index < -0.39 is 4.92 Å². The number of rotatable bonds is 5. The molecule has 2 aromatic carbocycles. The van der Waals surface area contributed by atoms with Crippen LogP contribution in [0.1, 0.15) is 31.0 Å². The molecule has 7 nitrogen and oxygen atoms in total. The van der Waals surface area contributed by atoms with Crippen LogP contribution in [0.25, 0.3) is 0 Å². The summed E-state index contributed by atoms with van der Waals surface area (Å²) < 4.78 is 0. The van der Waals surface area contributed by atoms with Gasteiger partial charge in [-0.05, 0) is 44.5 Å². The van der Waals surface area contributed by atoms with Crippen molar-refractivity contribution in [3.05, 3.63) is 63.7 Å². The van der Waals surface area contributed by atoms with Crippen LogP contribution in [0.15, 0.2) is 42.5 Å². The number of nitro benzene ring substituents is 1. The summed E-state index contributed by atoms with van der Waals surface area (Å²) in [5.74, 6) is 0.135. The SMILES string of the molecule is CCN(C(=O)Nc1cccc([N+](=O)[O-])c1C)[C@H](C)c1cccc(O)c1. The Balaban J connectivity index is 2.23. The minimum Gasteiger partial charge on any atom is -0.508 e. The number of anilines is 1. The van der Waals surface area contributed by atoms with Gasteiger partial charge in [0, 0.05) is 12.6 Å². The molecule has 2 N–H and O–H groups in total. The highest BCUT2D eigenvalue weighted by Crippen LogP contribution is 2.27. The number of carbonyl (C=O) groups is 1. The van der Waals surface area contributed by atoms with E-state index in [0.29, 0.717) is 17.8 Å². The van der Waals surface area contributed by atoms with Crippen molar-refractivity contribution in [2.45, 2.75) is 26.8 Å². The highest BCUT2D eigenvalue weighted by Gasteiger charge is 2.22. The van der Waals surface area contributed by atoms with Crippen LogP contribution in [0.3, 0.4) is 0 Å². The molecule has 0 radical (unpaired) electrons. The molecule has 25 heavy (non-hydrogen) atoms. The molecular weight excluding hydrogens is 322 g/mol. The molecule has 1 atom stereocenters. The summed E-state index contributed by atoms with van der Waals surface area (Å²) in [6.07, 6.45) is 0. The summed E-state index contributed by atoms with van der Waals surface area (Å²) in [7, 11) is 0. The average Bonchev–Trinajstić information content (AvgIpc) is 2.57. The second-order valence-electron chi connectivity index (χ2n) is 5.69. The Labute approximate surface area is 146 Å². The van der Waals surface area contributed by atoms with E-state index in [1.165, 1.54) is 12.1 Å². The van der Waals surface area contributed by atoms with Gasteiger partial charge in [0.25, 0.3) is 5.69 Å². The van der Waals surface area contributed by atoms with Crippen molar-refractivity contribution >= 4 is 17.4 Å². The second kappa shape index (κ2) is 7.65. The smallest absolute Gasteiger partial charge is 0.322 e. The Morgan fingerprint density at radius 3 is 2.60 bits per heavy atom. The maximum atomic E-state index is 12.7. The van der Waals surface area contributed by atoms with Crippen molar-refractivity contribution < 1.29 is 14.8 Å². The number of aromatic hydroxyl groups is 1. The van der Waals surface area contributed by atoms with Gasteiger partial charge in [0.2, 0.25) is 0 Å². The van der Waals surface area contributed by atoms with E-state index in [1.807, 2.05) is 19.9 Å². The van der Waals surface area contributed by atoms with Gasteiger partial charge in [0.15, 0.2) is 0 Å². The van der Waals surface area contributed by atoms with E-state index >= 15 is 0 Å². The highest BCUT2D eigenvalue weighted by atomic mass is 16.6. The molecule has 2 amide bonds. The van der Waals surface area contributed by atoms with Gasteiger partial charge in [-0.2, -0.15) is 0 Å². The zero-order chi connectivity index (χ0) is 18.6. The second-order valence-corrected chi connectivity index (χ2v) is 5.69. The van der Waals surface area contributed by atoms with Gasteiger partial charge < -0.3 is 15.3 Å². The predicted molar refractivity (Wildman–Crippen MR) is 95.8 cm³/mol. The monoisotopic (exact) mass is 343 g/mol. The Hall–Kier alpha value is -3.09. The van der Waals surface area contributed by atoms with Crippen LogP contribution in [0.2, 0.25) is 0 Å². The minimum atomic E-state index is -0.474. The van der Waals surface area contributed by atoms with Gasteiger partial charge in [0.05, 0.1) is 22.2 Å². The maximum absolute atomic E-state index is 12.7. The van der Waals surface area contributed by atoms with Crippen LogP contribution in [0, 0.1) is 17.0 Å². The maximum Gasteiger partial charge on any atom is 0.322 e. The van der Waals surface area contributed by atoms with Crippen LogP contribution >= 0.6 is 0 Å². The number of amides is 2. The Morgan fingerprint density at radius 2 is 2.00 bits per heavy atom. The molecule has 0 aliphatic rings. The van der Waals surface area contributed by atoms with Crippen molar-refractivity contribution in [1.82, 2.24) is 4.90 Å². The van der Waals surface area contributed by atoms with E-state index in [4.69, 9.17) is 0 Å². The van der Waals surface area contributed by atoms with Gasteiger partial charge >= 0.3 is 6.03 Å². The molecule has 0 bridgehead atoms. The zero-order valence-corrected chi connectivity index (χ0v) is 14.4. The Kier molecular flexibility index (Phi) is 5.59. The number of benzene rings is 2. The third kappa shape index (κ3) is 4.06. The van der Waals surface area contributed by atoms with Crippen molar-refractivity contribution in [3.63, 3.8) is 0 Å². The highest BCUT2D eigenvalue weighted by molar-refractivity contribution is 5.91. The molecular formula is C18H21N3O4. The number of nitrogens with zero attached hydrogens (tertiary/aromatic N) is 2. The van der Waals surface area contributed by atoms with Crippen LogP contribution < -0.4 is 5.32 Å². The van der Waals surface area contributed by atoms with Gasteiger partial charge in [-0.15, -0.1) is 0 Å². The molecule has 0 aliphatic carbocycles. The Bertz CT molecular complexity index is 792. The van der Waals surface area contributed by atoms with Crippen LogP contribution in [-0.4, -0.2) is 27.5 Å². The topological polar surface area (TPSA) is 95.7 Å². The minimum absolute atomic E-state index is 0.0399. The van der Waals surface area contributed by atoms with Crippen molar-refractivity contribution in [2.24, 2.45) is 0 Å². The molecule has 0 aliphatic heterocycles. The third-order valence-corrected chi connectivity index (χ3v) is 4.17. The van der Waals surface area contributed by atoms with Gasteiger partial charge in [-0.1, -0.05) is 18.2 Å². The lowest BCUT2D eigenvalue weighted by Gasteiger charge is -2.29. The summed E-state index contributed by atoms with van der Waals surface area (Å²) in [5.41, 5.74) is 1.57. The van der Waals surface area contributed by atoms with Gasteiger partial charge in [0.1, 0.15) is 5.75 Å². The standard InChI is InChI=1S/C18H21N3O4/c1-4-20(13(3)14-7-5-8-15(22)11-14)18(23)19-16-9-6-10-17(12(16)2)21(24)25/h5-11,13,22H,4H2,1-3H3,(H,19,23)/t13-/m1/s1. The van der Waals surface area contributed by atoms with Crippen LogP contribution in [0.5, 0.6) is 5.75 Å². The molecule has 0 heterocycles. The number of hydrogen-bond donors (Lipinski definition) is 2. The molecule has 0 saturated carbocycles.